The highest BCUT2D eigenvalue weighted by atomic mass is 79.9. The van der Waals surface area contributed by atoms with Gasteiger partial charge in [0, 0.05) is 32.5 Å². The predicted octanol–water partition coefficient (Wildman–Crippen LogP) is 5.26. The predicted molar refractivity (Wildman–Crippen MR) is 148 cm³/mol. The molecule has 0 spiro atoms. The minimum absolute atomic E-state index is 0.156. The molecule has 36 heavy (non-hydrogen) atoms. The van der Waals surface area contributed by atoms with Crippen molar-refractivity contribution in [1.82, 2.24) is 15.2 Å². The molecule has 0 fully saturated rings. The molecule has 2 amide bonds. The van der Waals surface area contributed by atoms with Gasteiger partial charge in [0.05, 0.1) is 24.9 Å². The lowest BCUT2D eigenvalue weighted by molar-refractivity contribution is -0.120. The maximum atomic E-state index is 13.4. The Bertz CT molecular complexity index is 1400. The number of methoxy groups -OCH3 is 1. The number of halogens is 2. The molecule has 1 aliphatic carbocycles. The fourth-order valence-electron chi connectivity index (χ4n) is 4.34. The number of hydrogen-bond donors (Lipinski definition) is 2. The first-order valence-electron chi connectivity index (χ1n) is 11.8. The van der Waals surface area contributed by atoms with Gasteiger partial charge in [0.15, 0.2) is 0 Å². The van der Waals surface area contributed by atoms with Crippen molar-refractivity contribution in [2.24, 2.45) is 0 Å². The first kappa shape index (κ1) is 26.2. The van der Waals surface area contributed by atoms with E-state index < -0.39 is 5.91 Å². The van der Waals surface area contributed by atoms with Gasteiger partial charge in [-0.25, -0.2) is 0 Å². The van der Waals surface area contributed by atoms with E-state index in [0.717, 1.165) is 23.7 Å². The van der Waals surface area contributed by atoms with Gasteiger partial charge in [0.25, 0.3) is 11.5 Å². The Morgan fingerprint density at radius 1 is 1.03 bits per heavy atom. The molecule has 1 heterocycles. The third-order valence-electron chi connectivity index (χ3n) is 6.19. The largest absolute Gasteiger partial charge is 0.495 e. The number of carbonyl (C=O) groups excluding carboxylic acids is 2. The van der Waals surface area contributed by atoms with Crippen LogP contribution in [-0.2, 0) is 4.79 Å². The van der Waals surface area contributed by atoms with E-state index in [4.69, 9.17) is 4.74 Å². The van der Waals surface area contributed by atoms with Gasteiger partial charge >= 0.3 is 0 Å². The summed E-state index contributed by atoms with van der Waals surface area (Å²) in [6.45, 7) is 0.391. The van der Waals surface area contributed by atoms with Gasteiger partial charge in [-0.2, -0.15) is 0 Å². The summed E-state index contributed by atoms with van der Waals surface area (Å²) in [4.78, 5) is 39.0. The summed E-state index contributed by atoms with van der Waals surface area (Å²) in [5.74, 6) is -0.230. The Morgan fingerprint density at radius 3 is 2.56 bits per heavy atom. The summed E-state index contributed by atoms with van der Waals surface area (Å²) in [5, 5.41) is 6.44. The number of nitrogens with zero attached hydrogens (tertiary/aromatic N) is 1. The molecular formula is C27H27Br2N3O4. The zero-order valence-electron chi connectivity index (χ0n) is 19.9. The lowest BCUT2D eigenvalue weighted by Gasteiger charge is -2.16. The van der Waals surface area contributed by atoms with E-state index in [1.165, 1.54) is 36.3 Å². The number of ether oxygens (including phenoxy) is 1. The molecular weight excluding hydrogens is 590 g/mol. The zero-order valence-corrected chi connectivity index (χ0v) is 23.1. The van der Waals surface area contributed by atoms with E-state index in [9.17, 15) is 14.4 Å². The lowest BCUT2D eigenvalue weighted by atomic mass is 9.97. The number of carbonyl (C=O) groups is 2. The fourth-order valence-corrected chi connectivity index (χ4v) is 5.04. The van der Waals surface area contributed by atoms with Gasteiger partial charge in [-0.3, -0.25) is 19.0 Å². The van der Waals surface area contributed by atoms with Crippen LogP contribution in [0.15, 0.2) is 68.0 Å². The van der Waals surface area contributed by atoms with E-state index in [1.54, 1.807) is 36.4 Å². The van der Waals surface area contributed by atoms with Crippen LogP contribution >= 0.6 is 31.9 Å². The number of rotatable bonds is 8. The zero-order chi connectivity index (χ0) is 25.7. The SMILES string of the molecule is COc1cc(Br)ccc1-n1cc(C(=O)NCC(=O)NCCC2=CCCCC2)c2ccc(Br)cc2c1=O. The van der Waals surface area contributed by atoms with Crippen molar-refractivity contribution in [3.8, 4) is 11.4 Å². The van der Waals surface area contributed by atoms with Crippen molar-refractivity contribution in [3.05, 3.63) is 79.1 Å². The summed E-state index contributed by atoms with van der Waals surface area (Å²) in [5.41, 5.74) is 1.87. The standard InChI is InChI=1S/C27H27Br2N3O4/c1-36-24-14-19(29)8-10-23(24)32-16-22(20-9-7-18(28)13-21(20)27(32)35)26(34)31-15-25(33)30-12-11-17-5-3-2-4-6-17/h5,7-10,13-14,16H,2-4,6,11-12,15H2,1H3,(H,30,33)(H,31,34). The highest BCUT2D eigenvalue weighted by Crippen LogP contribution is 2.28. The normalized spacial score (nSPS) is 13.2. The van der Waals surface area contributed by atoms with E-state index in [1.807, 2.05) is 0 Å². The van der Waals surface area contributed by atoms with Crippen molar-refractivity contribution in [2.75, 3.05) is 20.2 Å². The van der Waals surface area contributed by atoms with Crippen molar-refractivity contribution in [3.63, 3.8) is 0 Å². The molecule has 3 aromatic rings. The maximum Gasteiger partial charge on any atom is 0.263 e. The number of nitrogens with one attached hydrogen (secondary N) is 2. The molecule has 7 nitrogen and oxygen atoms in total. The lowest BCUT2D eigenvalue weighted by Crippen LogP contribution is -2.38. The van der Waals surface area contributed by atoms with Gasteiger partial charge < -0.3 is 15.4 Å². The Morgan fingerprint density at radius 2 is 1.81 bits per heavy atom. The average molecular weight is 617 g/mol. The molecule has 0 aliphatic heterocycles. The molecule has 0 unspecified atom stereocenters. The molecule has 0 saturated heterocycles. The van der Waals surface area contributed by atoms with Crippen LogP contribution in [0.1, 0.15) is 42.5 Å². The monoisotopic (exact) mass is 615 g/mol. The number of allylic oxidation sites excluding steroid dienone is 1. The third kappa shape index (κ3) is 6.07. The molecule has 0 saturated carbocycles. The quantitative estimate of drug-likeness (QED) is 0.338. The molecule has 0 radical (unpaired) electrons. The number of benzene rings is 2. The van der Waals surface area contributed by atoms with Gasteiger partial charge in [0.2, 0.25) is 5.91 Å². The number of hydrogen-bond acceptors (Lipinski definition) is 4. The van der Waals surface area contributed by atoms with Gasteiger partial charge in [-0.05, 0) is 62.4 Å². The van der Waals surface area contributed by atoms with Gasteiger partial charge in [-0.1, -0.05) is 49.6 Å². The summed E-state index contributed by atoms with van der Waals surface area (Å²) < 4.78 is 8.38. The van der Waals surface area contributed by atoms with E-state index >= 15 is 0 Å². The van der Waals surface area contributed by atoms with Crippen LogP contribution in [0, 0.1) is 0 Å². The third-order valence-corrected chi connectivity index (χ3v) is 7.17. The topological polar surface area (TPSA) is 89.4 Å². The van der Waals surface area contributed by atoms with Gasteiger partial charge in [0.1, 0.15) is 5.75 Å². The van der Waals surface area contributed by atoms with E-state index in [2.05, 4.69) is 48.6 Å². The highest BCUT2D eigenvalue weighted by Gasteiger charge is 2.18. The molecule has 1 aromatic heterocycles. The van der Waals surface area contributed by atoms with E-state index in [0.29, 0.717) is 33.2 Å². The number of pyridine rings is 1. The van der Waals surface area contributed by atoms with Crippen LogP contribution in [0.25, 0.3) is 16.5 Å². The molecule has 0 bridgehead atoms. The Labute approximate surface area is 226 Å². The molecule has 188 valence electrons. The molecule has 2 aromatic carbocycles. The second-order valence-corrected chi connectivity index (χ2v) is 10.4. The summed E-state index contributed by atoms with van der Waals surface area (Å²) in [6, 6.07) is 10.5. The Kier molecular flexibility index (Phi) is 8.64. The summed E-state index contributed by atoms with van der Waals surface area (Å²) in [6.07, 6.45) is 9.22. The Hall–Kier alpha value is -2.91. The Balaban J connectivity index is 1.57. The molecule has 4 rings (SSSR count). The molecule has 2 N–H and O–H groups in total. The average Bonchev–Trinajstić information content (AvgIpc) is 2.88. The fraction of sp³-hybridized carbons (Fsp3) is 0.296. The van der Waals surface area contributed by atoms with E-state index in [-0.39, 0.29) is 23.6 Å². The second-order valence-electron chi connectivity index (χ2n) is 8.61. The van der Waals surface area contributed by atoms with Crippen molar-refractivity contribution < 1.29 is 14.3 Å². The van der Waals surface area contributed by atoms with Crippen molar-refractivity contribution >= 4 is 54.4 Å². The molecule has 1 aliphatic rings. The summed E-state index contributed by atoms with van der Waals surface area (Å²) in [7, 11) is 1.52. The van der Waals surface area contributed by atoms with Crippen LogP contribution in [0.4, 0.5) is 0 Å². The van der Waals surface area contributed by atoms with Crippen LogP contribution in [0.3, 0.4) is 0 Å². The second kappa shape index (κ2) is 11.9. The van der Waals surface area contributed by atoms with Crippen LogP contribution in [0.5, 0.6) is 5.75 Å². The maximum absolute atomic E-state index is 13.4. The smallest absolute Gasteiger partial charge is 0.263 e. The minimum Gasteiger partial charge on any atom is -0.495 e. The molecule has 0 atom stereocenters. The summed E-state index contributed by atoms with van der Waals surface area (Å²) >= 11 is 6.82. The number of fused-ring (bicyclic) bond motifs is 1. The first-order valence-corrected chi connectivity index (χ1v) is 13.4. The highest BCUT2D eigenvalue weighted by molar-refractivity contribution is 9.10. The van der Waals surface area contributed by atoms with Crippen LogP contribution in [-0.4, -0.2) is 36.6 Å². The molecule has 9 heteroatoms. The van der Waals surface area contributed by atoms with Crippen molar-refractivity contribution in [1.29, 1.82) is 0 Å². The van der Waals surface area contributed by atoms with Crippen molar-refractivity contribution in [2.45, 2.75) is 32.1 Å². The number of aromatic nitrogens is 1. The van der Waals surface area contributed by atoms with Gasteiger partial charge in [-0.15, -0.1) is 0 Å². The number of amides is 2. The van der Waals surface area contributed by atoms with Crippen LogP contribution < -0.4 is 20.9 Å². The minimum atomic E-state index is -0.447. The first-order chi connectivity index (χ1) is 17.4. The van der Waals surface area contributed by atoms with Crippen LogP contribution in [0.2, 0.25) is 0 Å².